The van der Waals surface area contributed by atoms with Crippen LogP contribution in [0.3, 0.4) is 0 Å². The molecule has 6 nitrogen and oxygen atoms in total. The minimum atomic E-state index is -0.657. The van der Waals surface area contributed by atoms with Crippen molar-refractivity contribution in [3.05, 3.63) is 23.1 Å². The van der Waals surface area contributed by atoms with E-state index in [0.717, 1.165) is 0 Å². The number of rotatable bonds is 0. The van der Waals surface area contributed by atoms with E-state index in [2.05, 4.69) is 18.3 Å². The van der Waals surface area contributed by atoms with Crippen LogP contribution in [0.4, 0.5) is 4.79 Å². The molecule has 2 heterocycles. The van der Waals surface area contributed by atoms with Gasteiger partial charge in [0.25, 0.3) is 0 Å². The lowest BCUT2D eigenvalue weighted by atomic mass is 10.8. The molecule has 0 unspecified atom stereocenters. The lowest BCUT2D eigenvalue weighted by Gasteiger charge is -1.78. The topological polar surface area (TPSA) is 78.9 Å². The first-order chi connectivity index (χ1) is 5.79. The Bertz CT molecular complexity index is 259. The molecule has 66 valence electrons. The average Bonchev–Trinajstić information content (AvgIpc) is 2.63. The van der Waals surface area contributed by atoms with Crippen molar-refractivity contribution in [3.63, 3.8) is 0 Å². The molecule has 0 radical (unpaired) electrons. The second-order valence-electron chi connectivity index (χ2n) is 1.70. The molecule has 1 aromatic rings. The third-order valence-corrected chi connectivity index (χ3v) is 0.907. The lowest BCUT2D eigenvalue weighted by molar-refractivity contribution is 0.131. The quantitative estimate of drug-likeness (QED) is 0.529. The molecule has 6 heteroatoms. The number of ether oxygens (including phenoxy) is 2. The van der Waals surface area contributed by atoms with E-state index in [1.165, 1.54) is 12.5 Å². The molecular formula is C6H6O6. The van der Waals surface area contributed by atoms with Gasteiger partial charge >= 0.3 is 12.0 Å². The normalized spacial score (nSPS) is 14.2. The number of carbonyl (C=O) groups is 1. The number of hydrogen-bond donors (Lipinski definition) is 0. The van der Waals surface area contributed by atoms with E-state index < -0.39 is 12.0 Å². The van der Waals surface area contributed by atoms with Crippen LogP contribution in [0.2, 0.25) is 0 Å². The summed E-state index contributed by atoms with van der Waals surface area (Å²) in [4.78, 5) is 19.5. The van der Waals surface area contributed by atoms with Crippen LogP contribution in [0.5, 0.6) is 0 Å². The minimum Gasteiger partial charge on any atom is -0.431 e. The molecule has 0 atom stereocenters. The van der Waals surface area contributed by atoms with E-state index in [1.54, 1.807) is 0 Å². The van der Waals surface area contributed by atoms with Gasteiger partial charge in [0.1, 0.15) is 25.7 Å². The van der Waals surface area contributed by atoms with Crippen molar-refractivity contribution in [3.8, 4) is 0 Å². The summed E-state index contributed by atoms with van der Waals surface area (Å²) in [6.07, 6.45) is 1.82. The zero-order valence-corrected chi connectivity index (χ0v) is 6.02. The highest BCUT2D eigenvalue weighted by Gasteiger charge is 2.09. The molecule has 0 spiro atoms. The van der Waals surface area contributed by atoms with Crippen LogP contribution < -0.4 is 5.82 Å². The maximum atomic E-state index is 9.80. The van der Waals surface area contributed by atoms with E-state index in [-0.39, 0.29) is 0 Å². The Kier molecular flexibility index (Phi) is 2.95. The van der Waals surface area contributed by atoms with E-state index in [0.29, 0.717) is 13.2 Å². The zero-order chi connectivity index (χ0) is 8.81. The van der Waals surface area contributed by atoms with Crippen LogP contribution >= 0.6 is 0 Å². The molecule has 0 N–H and O–H groups in total. The van der Waals surface area contributed by atoms with Crippen LogP contribution in [-0.4, -0.2) is 19.4 Å². The summed E-state index contributed by atoms with van der Waals surface area (Å²) in [5.74, 6) is -0.657. The average molecular weight is 174 g/mol. The van der Waals surface area contributed by atoms with Gasteiger partial charge in [0, 0.05) is 0 Å². The van der Waals surface area contributed by atoms with Gasteiger partial charge in [-0.15, -0.1) is 0 Å². The number of cyclic esters (lactones) is 2. The highest BCUT2D eigenvalue weighted by molar-refractivity contribution is 5.61. The molecule has 2 rings (SSSR count). The van der Waals surface area contributed by atoms with Gasteiger partial charge in [-0.1, -0.05) is 0 Å². The molecule has 0 saturated carbocycles. The maximum absolute atomic E-state index is 9.80. The van der Waals surface area contributed by atoms with E-state index in [4.69, 9.17) is 0 Å². The zero-order valence-electron chi connectivity index (χ0n) is 6.02. The van der Waals surface area contributed by atoms with Crippen molar-refractivity contribution in [1.82, 2.24) is 0 Å². The molecule has 0 aliphatic carbocycles. The molecule has 1 aliphatic rings. The maximum Gasteiger partial charge on any atom is 0.518 e. The molecule has 1 aromatic heterocycles. The van der Waals surface area contributed by atoms with Gasteiger partial charge in [0.2, 0.25) is 0 Å². The third kappa shape index (κ3) is 2.91. The summed E-state index contributed by atoms with van der Waals surface area (Å²) in [6, 6.07) is 0. The highest BCUT2D eigenvalue weighted by atomic mass is 16.8. The molecule has 1 saturated heterocycles. The van der Waals surface area contributed by atoms with E-state index in [9.17, 15) is 9.59 Å². The minimum absolute atomic E-state index is 0.416. The standard InChI is InChI=1S/C3H4O3.C3H2O3/c2*4-3-5-1-2-6-3/h1-2H2;1-2H. The molecule has 0 amide bonds. The Morgan fingerprint density at radius 3 is 1.67 bits per heavy atom. The Labute approximate surface area is 66.7 Å². The predicted octanol–water partition coefficient (Wildman–Crippen LogP) is 0.386. The summed E-state index contributed by atoms with van der Waals surface area (Å²) in [5.41, 5.74) is 0. The van der Waals surface area contributed by atoms with Gasteiger partial charge in [-0.25, -0.2) is 9.59 Å². The first-order valence-corrected chi connectivity index (χ1v) is 3.11. The third-order valence-electron chi connectivity index (χ3n) is 0.907. The van der Waals surface area contributed by atoms with Gasteiger partial charge in [0.15, 0.2) is 0 Å². The van der Waals surface area contributed by atoms with Crippen LogP contribution in [-0.2, 0) is 9.47 Å². The first-order valence-electron chi connectivity index (χ1n) is 3.11. The second kappa shape index (κ2) is 4.22. The molecule has 0 bridgehead atoms. The van der Waals surface area contributed by atoms with E-state index in [1.807, 2.05) is 0 Å². The van der Waals surface area contributed by atoms with Gasteiger partial charge in [-0.3, -0.25) is 0 Å². The van der Waals surface area contributed by atoms with Crippen LogP contribution in [0, 0.1) is 0 Å². The van der Waals surface area contributed by atoms with Crippen LogP contribution in [0.15, 0.2) is 26.2 Å². The Balaban J connectivity index is 0.000000120. The van der Waals surface area contributed by atoms with Gasteiger partial charge in [-0.05, 0) is 0 Å². The Hall–Kier alpha value is -1.72. The van der Waals surface area contributed by atoms with Crippen molar-refractivity contribution in [2.75, 3.05) is 13.2 Å². The molecular weight excluding hydrogens is 168 g/mol. The lowest BCUT2D eigenvalue weighted by Crippen LogP contribution is -1.88. The summed E-state index contributed by atoms with van der Waals surface area (Å²) in [5, 5.41) is 0. The monoisotopic (exact) mass is 174 g/mol. The number of carbonyl (C=O) groups excluding carboxylic acids is 1. The largest absolute Gasteiger partial charge is 0.518 e. The van der Waals surface area contributed by atoms with Crippen molar-refractivity contribution in [1.29, 1.82) is 0 Å². The van der Waals surface area contributed by atoms with E-state index >= 15 is 0 Å². The summed E-state index contributed by atoms with van der Waals surface area (Å²) >= 11 is 0. The fraction of sp³-hybridized carbons (Fsp3) is 0.333. The van der Waals surface area contributed by atoms with Crippen molar-refractivity contribution < 1.29 is 23.1 Å². The summed E-state index contributed by atoms with van der Waals surface area (Å²) in [7, 11) is 0. The van der Waals surface area contributed by atoms with Crippen molar-refractivity contribution >= 4 is 6.16 Å². The molecule has 1 fully saturated rings. The van der Waals surface area contributed by atoms with Gasteiger partial charge in [-0.2, -0.15) is 0 Å². The molecule has 0 aromatic carbocycles. The SMILES string of the molecule is O=C1OCCO1.O=c1occo1. The second-order valence-corrected chi connectivity index (χ2v) is 1.70. The highest BCUT2D eigenvalue weighted by Crippen LogP contribution is 1.92. The Morgan fingerprint density at radius 2 is 1.50 bits per heavy atom. The van der Waals surface area contributed by atoms with Crippen molar-refractivity contribution in [2.45, 2.75) is 0 Å². The summed E-state index contributed by atoms with van der Waals surface area (Å²) < 4.78 is 16.8. The molecule has 1 aliphatic heterocycles. The number of hydrogen-bond acceptors (Lipinski definition) is 6. The fourth-order valence-corrected chi connectivity index (χ4v) is 0.486. The van der Waals surface area contributed by atoms with Gasteiger partial charge < -0.3 is 18.3 Å². The summed E-state index contributed by atoms with van der Waals surface area (Å²) in [6.45, 7) is 0.831. The van der Waals surface area contributed by atoms with Crippen LogP contribution in [0.1, 0.15) is 0 Å². The Morgan fingerprint density at radius 1 is 1.00 bits per heavy atom. The molecule has 12 heavy (non-hydrogen) atoms. The van der Waals surface area contributed by atoms with Crippen LogP contribution in [0.25, 0.3) is 0 Å². The smallest absolute Gasteiger partial charge is 0.431 e. The van der Waals surface area contributed by atoms with Crippen molar-refractivity contribution in [2.24, 2.45) is 0 Å². The van der Waals surface area contributed by atoms with Gasteiger partial charge in [0.05, 0.1) is 0 Å². The first kappa shape index (κ1) is 8.38. The fourth-order valence-electron chi connectivity index (χ4n) is 0.486. The predicted molar refractivity (Wildman–Crippen MR) is 34.5 cm³/mol.